The summed E-state index contributed by atoms with van der Waals surface area (Å²) in [5.41, 5.74) is 2.76. The second-order valence-corrected chi connectivity index (χ2v) is 8.48. The van der Waals surface area contributed by atoms with Crippen molar-refractivity contribution < 1.29 is 13.9 Å². The van der Waals surface area contributed by atoms with Crippen molar-refractivity contribution in [3.05, 3.63) is 23.3 Å². The zero-order chi connectivity index (χ0) is 16.3. The largest absolute Gasteiger partial charge is 0.412 e. The number of allylic oxidation sites excluding steroid dienone is 4. The topological polar surface area (TPSA) is 38.7 Å². The maximum absolute atomic E-state index is 9.94. The molecule has 124 valence electrons. The molecule has 0 atom stereocenters. The average Bonchev–Trinajstić information content (AvgIpc) is 2.44. The number of rotatable bonds is 11. The highest BCUT2D eigenvalue weighted by atomic mass is 31.2. The second-order valence-electron chi connectivity index (χ2n) is 6.11. The van der Waals surface area contributed by atoms with E-state index in [9.17, 15) is 4.89 Å². The first-order valence-corrected chi connectivity index (χ1v) is 9.62. The van der Waals surface area contributed by atoms with Crippen LogP contribution in [0.15, 0.2) is 23.3 Å². The van der Waals surface area contributed by atoms with Gasteiger partial charge >= 0.3 is 7.94 Å². The molecule has 0 aromatic rings. The van der Waals surface area contributed by atoms with E-state index >= 15 is 0 Å². The van der Waals surface area contributed by atoms with Gasteiger partial charge in [0.05, 0.1) is 14.2 Å². The standard InChI is InChI=1S/C17H34O3P/c1-15(2)9-7-10-16(3)11-8-12-17(4)13-14-21(18,19-5)20-6/h11,13,15,18H,7-10,12,14H2,1-6H3/q+1. The van der Waals surface area contributed by atoms with Crippen molar-refractivity contribution in [2.24, 2.45) is 5.92 Å². The van der Waals surface area contributed by atoms with Crippen molar-refractivity contribution in [3.8, 4) is 0 Å². The Bertz CT molecular complexity index is 331. The molecule has 0 spiro atoms. The third-order valence-corrected chi connectivity index (χ3v) is 5.41. The summed E-state index contributed by atoms with van der Waals surface area (Å²) in [6, 6.07) is 0. The Hall–Kier alpha value is -0.210. The van der Waals surface area contributed by atoms with Crippen LogP contribution in [-0.4, -0.2) is 25.3 Å². The van der Waals surface area contributed by atoms with Crippen LogP contribution in [0.25, 0.3) is 0 Å². The van der Waals surface area contributed by atoms with Crippen LogP contribution in [0.4, 0.5) is 0 Å². The van der Waals surface area contributed by atoms with E-state index in [1.807, 2.05) is 6.08 Å². The summed E-state index contributed by atoms with van der Waals surface area (Å²) in [7, 11) is 0.327. The van der Waals surface area contributed by atoms with E-state index in [2.05, 4.69) is 33.8 Å². The molecule has 1 N–H and O–H groups in total. The molecule has 0 aliphatic rings. The van der Waals surface area contributed by atoms with Gasteiger partial charge in [-0.25, -0.2) is 0 Å². The van der Waals surface area contributed by atoms with E-state index < -0.39 is 7.94 Å². The van der Waals surface area contributed by atoms with Crippen LogP contribution >= 0.6 is 7.94 Å². The molecule has 0 unspecified atom stereocenters. The van der Waals surface area contributed by atoms with Crippen LogP contribution in [0.5, 0.6) is 0 Å². The average molecular weight is 317 g/mol. The van der Waals surface area contributed by atoms with Crippen molar-refractivity contribution in [3.63, 3.8) is 0 Å². The first-order chi connectivity index (χ1) is 9.83. The van der Waals surface area contributed by atoms with Crippen LogP contribution < -0.4 is 0 Å². The molecule has 0 saturated carbocycles. The van der Waals surface area contributed by atoms with Gasteiger partial charge in [-0.1, -0.05) is 37.5 Å². The summed E-state index contributed by atoms with van der Waals surface area (Å²) in [6.45, 7) is 8.87. The second kappa shape index (κ2) is 11.4. The fraction of sp³-hybridized carbons (Fsp3) is 0.765. The lowest BCUT2D eigenvalue weighted by molar-refractivity contribution is 0.243. The van der Waals surface area contributed by atoms with E-state index in [0.717, 1.165) is 18.8 Å². The van der Waals surface area contributed by atoms with Gasteiger partial charge in [-0.05, 0) is 51.5 Å². The van der Waals surface area contributed by atoms with E-state index in [4.69, 9.17) is 9.05 Å². The van der Waals surface area contributed by atoms with Crippen LogP contribution in [0, 0.1) is 5.92 Å². The van der Waals surface area contributed by atoms with Gasteiger partial charge in [-0.15, -0.1) is 0 Å². The fourth-order valence-corrected chi connectivity index (χ4v) is 3.02. The Balaban J connectivity index is 4.04. The molecule has 0 radical (unpaired) electrons. The lowest BCUT2D eigenvalue weighted by Gasteiger charge is -2.11. The number of hydrogen-bond donors (Lipinski definition) is 1. The van der Waals surface area contributed by atoms with E-state index in [1.165, 1.54) is 44.6 Å². The van der Waals surface area contributed by atoms with Gasteiger partial charge in [0.1, 0.15) is 0 Å². The highest BCUT2D eigenvalue weighted by Crippen LogP contribution is 2.55. The van der Waals surface area contributed by atoms with Crippen LogP contribution in [0.3, 0.4) is 0 Å². The third-order valence-electron chi connectivity index (χ3n) is 3.63. The highest BCUT2D eigenvalue weighted by molar-refractivity contribution is 7.60. The van der Waals surface area contributed by atoms with Gasteiger partial charge in [0, 0.05) is 0 Å². The van der Waals surface area contributed by atoms with Crippen molar-refractivity contribution in [1.82, 2.24) is 0 Å². The molecule has 0 amide bonds. The lowest BCUT2D eigenvalue weighted by Crippen LogP contribution is -2.00. The molecule has 0 aliphatic heterocycles. The molecule has 0 aliphatic carbocycles. The lowest BCUT2D eigenvalue weighted by atomic mass is 10.0. The first-order valence-electron chi connectivity index (χ1n) is 7.86. The molecule has 0 aromatic carbocycles. The van der Waals surface area contributed by atoms with Crippen molar-refractivity contribution in [1.29, 1.82) is 0 Å². The summed E-state index contributed by atoms with van der Waals surface area (Å²) in [6.07, 6.45) is 10.7. The minimum Gasteiger partial charge on any atom is -0.192 e. The zero-order valence-corrected chi connectivity index (χ0v) is 15.6. The van der Waals surface area contributed by atoms with E-state index in [-0.39, 0.29) is 0 Å². The molecule has 3 nitrogen and oxygen atoms in total. The van der Waals surface area contributed by atoms with Gasteiger partial charge in [0.25, 0.3) is 0 Å². The molecule has 0 fully saturated rings. The minimum absolute atomic E-state index is 0.461. The monoisotopic (exact) mass is 317 g/mol. The molecular formula is C17H34O3P+. The van der Waals surface area contributed by atoms with Crippen molar-refractivity contribution >= 4 is 7.94 Å². The summed E-state index contributed by atoms with van der Waals surface area (Å²) in [5.74, 6) is 0.798. The van der Waals surface area contributed by atoms with E-state index in [0.29, 0.717) is 6.16 Å². The molecule has 0 aromatic heterocycles. The van der Waals surface area contributed by atoms with Gasteiger partial charge in [0.2, 0.25) is 0 Å². The fourth-order valence-electron chi connectivity index (χ4n) is 2.03. The van der Waals surface area contributed by atoms with Crippen LogP contribution in [-0.2, 0) is 9.05 Å². The summed E-state index contributed by atoms with van der Waals surface area (Å²) < 4.78 is 10.1. The van der Waals surface area contributed by atoms with E-state index in [1.54, 1.807) is 0 Å². The molecular weight excluding hydrogens is 283 g/mol. The molecule has 0 rings (SSSR count). The minimum atomic E-state index is -2.65. The smallest absolute Gasteiger partial charge is 0.192 e. The van der Waals surface area contributed by atoms with Gasteiger partial charge in [-0.3, -0.25) is 0 Å². The highest BCUT2D eigenvalue weighted by Gasteiger charge is 2.35. The van der Waals surface area contributed by atoms with Gasteiger partial charge in [0.15, 0.2) is 6.16 Å². The molecule has 4 heteroatoms. The Morgan fingerprint density at radius 1 is 1.05 bits per heavy atom. The normalized spacial score (nSPS) is 14.1. The quantitative estimate of drug-likeness (QED) is 0.402. The maximum atomic E-state index is 9.94. The summed E-state index contributed by atoms with van der Waals surface area (Å²) >= 11 is 0. The van der Waals surface area contributed by atoms with Crippen LogP contribution in [0.1, 0.15) is 59.8 Å². The Kier molecular flexibility index (Phi) is 11.3. The zero-order valence-electron chi connectivity index (χ0n) is 14.7. The summed E-state index contributed by atoms with van der Waals surface area (Å²) in [4.78, 5) is 9.94. The predicted octanol–water partition coefficient (Wildman–Crippen LogP) is 5.53. The van der Waals surface area contributed by atoms with Gasteiger partial charge in [-0.2, -0.15) is 13.9 Å². The Labute approximate surface area is 132 Å². The van der Waals surface area contributed by atoms with Gasteiger partial charge < -0.3 is 0 Å². The summed E-state index contributed by atoms with van der Waals surface area (Å²) in [5, 5.41) is 0. The third kappa shape index (κ3) is 11.1. The maximum Gasteiger partial charge on any atom is 0.412 e. The molecule has 0 bridgehead atoms. The molecule has 0 saturated heterocycles. The SMILES string of the molecule is CO[P+](O)(CC=C(C)CCC=C(C)CCCC(C)C)OC. The Morgan fingerprint density at radius 3 is 2.14 bits per heavy atom. The first kappa shape index (κ1) is 20.8. The van der Waals surface area contributed by atoms with Crippen LogP contribution in [0.2, 0.25) is 0 Å². The molecule has 0 heterocycles. The van der Waals surface area contributed by atoms with Crippen molar-refractivity contribution in [2.75, 3.05) is 20.4 Å². The predicted molar refractivity (Wildman–Crippen MR) is 93.5 cm³/mol. The number of hydrogen-bond acceptors (Lipinski definition) is 3. The Morgan fingerprint density at radius 2 is 1.62 bits per heavy atom. The molecule has 21 heavy (non-hydrogen) atoms. The van der Waals surface area contributed by atoms with Crippen molar-refractivity contribution in [2.45, 2.75) is 59.8 Å².